The van der Waals surface area contributed by atoms with Gasteiger partial charge in [0, 0.05) is 25.2 Å². The maximum atomic E-state index is 12.4. The molecule has 7 nitrogen and oxygen atoms in total. The first-order valence-electron chi connectivity index (χ1n) is 7.16. The average molecular weight is 307 g/mol. The number of hydrogen-bond donors (Lipinski definition) is 1. The minimum Gasteiger partial charge on any atom is -0.389 e. The zero-order valence-corrected chi connectivity index (χ0v) is 13.1. The van der Waals surface area contributed by atoms with Crippen LogP contribution >= 0.6 is 0 Å². The highest BCUT2D eigenvalue weighted by Gasteiger charge is 2.28. The highest BCUT2D eigenvalue weighted by atomic mass is 16.6. The second-order valence-electron chi connectivity index (χ2n) is 6.35. The summed E-state index contributed by atoms with van der Waals surface area (Å²) in [7, 11) is 1.76. The van der Waals surface area contributed by atoms with Crippen LogP contribution in [-0.2, 0) is 11.2 Å². The summed E-state index contributed by atoms with van der Waals surface area (Å²) in [4.78, 5) is 26.2. The highest BCUT2D eigenvalue weighted by molar-refractivity contribution is 5.97. The maximum Gasteiger partial charge on any atom is 0.271 e. The largest absolute Gasteiger partial charge is 0.389 e. The van der Waals surface area contributed by atoms with Crippen LogP contribution in [0.2, 0.25) is 0 Å². The van der Waals surface area contributed by atoms with Crippen LogP contribution in [0.15, 0.2) is 18.2 Å². The molecule has 1 N–H and O–H groups in total. The number of non-ortho nitro benzene ring substituents is 1. The van der Waals surface area contributed by atoms with Crippen molar-refractivity contribution in [2.24, 2.45) is 0 Å². The molecule has 1 aliphatic rings. The van der Waals surface area contributed by atoms with Gasteiger partial charge in [-0.05, 0) is 32.9 Å². The van der Waals surface area contributed by atoms with Crippen LogP contribution in [0.3, 0.4) is 0 Å². The summed E-state index contributed by atoms with van der Waals surface area (Å²) in [6, 6.07) is 4.63. The number of nitro groups is 1. The summed E-state index contributed by atoms with van der Waals surface area (Å²) in [5.74, 6) is -0.119. The molecule has 22 heavy (non-hydrogen) atoms. The van der Waals surface area contributed by atoms with Crippen LogP contribution in [0.1, 0.15) is 19.4 Å². The molecule has 1 aliphatic heterocycles. The van der Waals surface area contributed by atoms with Crippen molar-refractivity contribution < 1.29 is 14.8 Å². The molecular weight excluding hydrogens is 286 g/mol. The van der Waals surface area contributed by atoms with Crippen LogP contribution in [0.25, 0.3) is 0 Å². The van der Waals surface area contributed by atoms with Gasteiger partial charge in [0.2, 0.25) is 5.91 Å². The van der Waals surface area contributed by atoms with Crippen molar-refractivity contribution in [1.29, 1.82) is 0 Å². The smallest absolute Gasteiger partial charge is 0.271 e. The topological polar surface area (TPSA) is 86.9 Å². The van der Waals surface area contributed by atoms with Gasteiger partial charge in [-0.25, -0.2) is 0 Å². The van der Waals surface area contributed by atoms with Crippen LogP contribution in [-0.4, -0.2) is 53.1 Å². The number of carbonyl (C=O) groups excluding carboxylic acids is 1. The molecule has 0 atom stereocenters. The summed E-state index contributed by atoms with van der Waals surface area (Å²) in [5.41, 5.74) is 0.680. The van der Waals surface area contributed by atoms with Crippen LogP contribution in [0, 0.1) is 10.1 Å². The Morgan fingerprint density at radius 1 is 1.50 bits per heavy atom. The van der Waals surface area contributed by atoms with Crippen molar-refractivity contribution in [3.63, 3.8) is 0 Å². The average Bonchev–Trinajstić information content (AvgIpc) is 2.78. The number of benzene rings is 1. The van der Waals surface area contributed by atoms with Crippen LogP contribution in [0.4, 0.5) is 11.4 Å². The van der Waals surface area contributed by atoms with E-state index in [9.17, 15) is 20.0 Å². The summed E-state index contributed by atoms with van der Waals surface area (Å²) < 4.78 is 0. The lowest BCUT2D eigenvalue weighted by atomic mass is 10.1. The van der Waals surface area contributed by atoms with E-state index in [1.807, 2.05) is 0 Å². The molecule has 1 amide bonds. The third kappa shape index (κ3) is 3.80. The number of fused-ring (bicyclic) bond motifs is 1. The van der Waals surface area contributed by atoms with Gasteiger partial charge in [-0.1, -0.05) is 6.07 Å². The first kappa shape index (κ1) is 16.4. The molecule has 7 heteroatoms. The van der Waals surface area contributed by atoms with Crippen LogP contribution < -0.4 is 4.90 Å². The van der Waals surface area contributed by atoms with Crippen molar-refractivity contribution >= 4 is 17.3 Å². The van der Waals surface area contributed by atoms with E-state index in [1.54, 1.807) is 36.8 Å². The van der Waals surface area contributed by atoms with E-state index >= 15 is 0 Å². The maximum absolute atomic E-state index is 12.4. The van der Waals surface area contributed by atoms with E-state index in [1.165, 1.54) is 12.1 Å². The minimum atomic E-state index is -0.878. The standard InChI is InChI=1S/C15H21N3O4/c1-15(2,20)10-16(3)9-14(19)17-7-6-11-4-5-12(18(21)22)8-13(11)17/h4-5,8,20H,6-7,9-10H2,1-3H3. The summed E-state index contributed by atoms with van der Waals surface area (Å²) in [6.07, 6.45) is 0.703. The molecule has 1 aromatic carbocycles. The van der Waals surface area contributed by atoms with Crippen molar-refractivity contribution in [3.8, 4) is 0 Å². The number of rotatable bonds is 5. The summed E-state index contributed by atoms with van der Waals surface area (Å²) in [5, 5.41) is 20.7. The molecule has 0 spiro atoms. The first-order chi connectivity index (χ1) is 10.2. The Hall–Kier alpha value is -1.99. The van der Waals surface area contributed by atoms with Gasteiger partial charge in [0.15, 0.2) is 0 Å². The van der Waals surface area contributed by atoms with Gasteiger partial charge in [-0.15, -0.1) is 0 Å². The fraction of sp³-hybridized carbons (Fsp3) is 0.533. The van der Waals surface area contributed by atoms with E-state index in [4.69, 9.17) is 0 Å². The molecule has 0 fully saturated rings. The lowest BCUT2D eigenvalue weighted by molar-refractivity contribution is -0.384. The number of anilines is 1. The van der Waals surface area contributed by atoms with Gasteiger partial charge < -0.3 is 10.0 Å². The predicted octanol–water partition coefficient (Wildman–Crippen LogP) is 1.19. The van der Waals surface area contributed by atoms with Gasteiger partial charge in [0.25, 0.3) is 5.69 Å². The number of hydrogen-bond acceptors (Lipinski definition) is 5. The van der Waals surface area contributed by atoms with Gasteiger partial charge in [0.05, 0.1) is 22.8 Å². The first-order valence-corrected chi connectivity index (χ1v) is 7.16. The van der Waals surface area contributed by atoms with Gasteiger partial charge >= 0.3 is 0 Å². The normalized spacial score (nSPS) is 14.3. The zero-order chi connectivity index (χ0) is 16.5. The van der Waals surface area contributed by atoms with E-state index < -0.39 is 10.5 Å². The zero-order valence-electron chi connectivity index (χ0n) is 13.1. The SMILES string of the molecule is CN(CC(=O)N1CCc2ccc([N+](=O)[O-])cc21)CC(C)(C)O. The third-order valence-corrected chi connectivity index (χ3v) is 3.54. The number of amides is 1. The highest BCUT2D eigenvalue weighted by Crippen LogP contribution is 2.31. The molecule has 0 bridgehead atoms. The minimum absolute atomic E-state index is 0.0108. The molecule has 0 aliphatic carbocycles. The van der Waals surface area contributed by atoms with E-state index in [0.29, 0.717) is 25.2 Å². The van der Waals surface area contributed by atoms with Gasteiger partial charge in [-0.3, -0.25) is 19.8 Å². The Bertz CT molecular complexity index is 595. The number of likely N-dealkylation sites (N-methyl/N-ethyl adjacent to an activating group) is 1. The molecule has 120 valence electrons. The second-order valence-corrected chi connectivity index (χ2v) is 6.35. The van der Waals surface area contributed by atoms with Crippen molar-refractivity contribution in [3.05, 3.63) is 33.9 Å². The van der Waals surface area contributed by atoms with Gasteiger partial charge in [-0.2, -0.15) is 0 Å². The fourth-order valence-corrected chi connectivity index (χ4v) is 2.77. The second kappa shape index (κ2) is 6.02. The van der Waals surface area contributed by atoms with Crippen molar-refractivity contribution in [2.45, 2.75) is 25.9 Å². The quantitative estimate of drug-likeness (QED) is 0.652. The van der Waals surface area contributed by atoms with Crippen LogP contribution in [0.5, 0.6) is 0 Å². The lowest BCUT2D eigenvalue weighted by Crippen LogP contribution is -2.43. The molecule has 0 aromatic heterocycles. The summed E-state index contributed by atoms with van der Waals surface area (Å²) in [6.45, 7) is 4.43. The Labute approximate surface area is 129 Å². The monoisotopic (exact) mass is 307 g/mol. The van der Waals surface area contributed by atoms with E-state index in [-0.39, 0.29) is 18.1 Å². The van der Waals surface area contributed by atoms with E-state index in [0.717, 1.165) is 5.56 Å². The lowest BCUT2D eigenvalue weighted by Gasteiger charge is -2.27. The fourth-order valence-electron chi connectivity index (χ4n) is 2.77. The Morgan fingerprint density at radius 3 is 2.77 bits per heavy atom. The molecule has 1 heterocycles. The Balaban J connectivity index is 2.11. The van der Waals surface area contributed by atoms with Crippen molar-refractivity contribution in [1.82, 2.24) is 4.90 Å². The number of nitrogens with zero attached hydrogens (tertiary/aromatic N) is 3. The third-order valence-electron chi connectivity index (χ3n) is 3.54. The molecule has 0 saturated carbocycles. The molecular formula is C15H21N3O4. The molecule has 0 saturated heterocycles. The molecule has 0 unspecified atom stereocenters. The molecule has 2 rings (SSSR count). The summed E-state index contributed by atoms with van der Waals surface area (Å²) >= 11 is 0. The number of carbonyl (C=O) groups is 1. The predicted molar refractivity (Wildman–Crippen MR) is 82.9 cm³/mol. The Morgan fingerprint density at radius 2 is 2.18 bits per heavy atom. The van der Waals surface area contributed by atoms with Gasteiger partial charge in [0.1, 0.15) is 0 Å². The number of nitro benzene ring substituents is 1. The number of aliphatic hydroxyl groups is 1. The molecule has 1 aromatic rings. The molecule has 0 radical (unpaired) electrons. The van der Waals surface area contributed by atoms with Crippen molar-refractivity contribution in [2.75, 3.05) is 31.6 Å². The van der Waals surface area contributed by atoms with E-state index in [2.05, 4.69) is 0 Å². The Kier molecular flexibility index (Phi) is 4.48.